The molecule has 3 aromatic heterocycles. The maximum absolute atomic E-state index is 10.3. The molecule has 4 rings (SSSR count). The summed E-state index contributed by atoms with van der Waals surface area (Å²) < 4.78 is 7.24. The Balaban J connectivity index is 1.65. The lowest BCUT2D eigenvalue weighted by Gasteiger charge is -2.13. The van der Waals surface area contributed by atoms with E-state index in [9.17, 15) is 5.11 Å². The summed E-state index contributed by atoms with van der Waals surface area (Å²) in [7, 11) is 0. The highest BCUT2D eigenvalue weighted by molar-refractivity contribution is 5.77. The summed E-state index contributed by atoms with van der Waals surface area (Å²) in [5.41, 5.74) is 3.19. The van der Waals surface area contributed by atoms with Crippen molar-refractivity contribution in [2.75, 3.05) is 6.61 Å². The molecule has 0 radical (unpaired) electrons. The number of fused-ring (bicyclic) bond motifs is 1. The molecule has 0 saturated heterocycles. The van der Waals surface area contributed by atoms with Gasteiger partial charge in [-0.3, -0.25) is 5.10 Å². The van der Waals surface area contributed by atoms with E-state index in [0.29, 0.717) is 17.0 Å². The molecule has 0 aliphatic carbocycles. The normalized spacial score (nSPS) is 12.7. The van der Waals surface area contributed by atoms with Crippen LogP contribution in [0, 0.1) is 0 Å². The molecule has 1 aromatic carbocycles. The first kappa shape index (κ1) is 17.3. The predicted octanol–water partition coefficient (Wildman–Crippen LogP) is 2.66. The summed E-state index contributed by atoms with van der Waals surface area (Å²) in [5, 5.41) is 22.3. The van der Waals surface area contributed by atoms with E-state index < -0.39 is 6.10 Å². The van der Waals surface area contributed by atoms with E-state index in [-0.39, 0.29) is 12.7 Å². The molecule has 0 aliphatic rings. The van der Waals surface area contributed by atoms with Crippen LogP contribution >= 0.6 is 0 Å². The van der Waals surface area contributed by atoms with E-state index in [1.54, 1.807) is 17.1 Å². The molecule has 0 amide bonds. The Kier molecular flexibility index (Phi) is 4.66. The fourth-order valence-corrected chi connectivity index (χ4v) is 2.82. The van der Waals surface area contributed by atoms with Crippen LogP contribution in [0.3, 0.4) is 0 Å². The molecular formula is C19H20N6O2. The molecule has 0 saturated carbocycles. The molecule has 0 aliphatic heterocycles. The van der Waals surface area contributed by atoms with E-state index in [2.05, 4.69) is 25.3 Å². The van der Waals surface area contributed by atoms with Crippen LogP contribution in [-0.4, -0.2) is 47.8 Å². The highest BCUT2D eigenvalue weighted by atomic mass is 16.5. The molecule has 2 N–H and O–H groups in total. The van der Waals surface area contributed by atoms with Crippen LogP contribution in [0.2, 0.25) is 0 Å². The van der Waals surface area contributed by atoms with Crippen molar-refractivity contribution in [3.05, 3.63) is 54.6 Å². The van der Waals surface area contributed by atoms with Crippen molar-refractivity contribution in [2.24, 2.45) is 0 Å². The van der Waals surface area contributed by atoms with Gasteiger partial charge in [-0.25, -0.2) is 14.6 Å². The molecule has 8 nitrogen and oxygen atoms in total. The second-order valence-corrected chi connectivity index (χ2v) is 6.52. The second kappa shape index (κ2) is 7.26. The largest absolute Gasteiger partial charge is 0.386 e. The van der Waals surface area contributed by atoms with E-state index >= 15 is 0 Å². The van der Waals surface area contributed by atoms with Crippen LogP contribution in [0.4, 0.5) is 0 Å². The van der Waals surface area contributed by atoms with Gasteiger partial charge in [-0.05, 0) is 32.0 Å². The molecule has 0 unspecified atom stereocenters. The minimum atomic E-state index is -0.720. The Morgan fingerprint density at radius 3 is 2.85 bits per heavy atom. The van der Waals surface area contributed by atoms with Gasteiger partial charge in [0.05, 0.1) is 24.6 Å². The average Bonchev–Trinajstić information content (AvgIpc) is 3.35. The van der Waals surface area contributed by atoms with Crippen LogP contribution in [-0.2, 0) is 4.74 Å². The third kappa shape index (κ3) is 3.57. The summed E-state index contributed by atoms with van der Waals surface area (Å²) >= 11 is 0. The number of nitrogens with one attached hydrogen (secondary N) is 1. The number of aliphatic hydroxyl groups is 1. The predicted molar refractivity (Wildman–Crippen MR) is 100 cm³/mol. The van der Waals surface area contributed by atoms with Crippen molar-refractivity contribution in [3.63, 3.8) is 0 Å². The van der Waals surface area contributed by atoms with E-state index in [1.807, 2.05) is 44.2 Å². The van der Waals surface area contributed by atoms with E-state index in [0.717, 1.165) is 16.6 Å². The Morgan fingerprint density at radius 1 is 1.19 bits per heavy atom. The van der Waals surface area contributed by atoms with Crippen LogP contribution in [0.1, 0.15) is 25.5 Å². The first-order chi connectivity index (χ1) is 13.1. The third-order valence-corrected chi connectivity index (χ3v) is 4.18. The van der Waals surface area contributed by atoms with Crippen LogP contribution in [0.25, 0.3) is 28.1 Å². The Hall–Kier alpha value is -3.10. The number of hydrogen-bond donors (Lipinski definition) is 2. The highest BCUT2D eigenvalue weighted by Crippen LogP contribution is 2.23. The van der Waals surface area contributed by atoms with Gasteiger partial charge >= 0.3 is 0 Å². The molecule has 8 heteroatoms. The Labute approximate surface area is 155 Å². The van der Waals surface area contributed by atoms with Crippen molar-refractivity contribution in [1.82, 2.24) is 29.9 Å². The van der Waals surface area contributed by atoms with Gasteiger partial charge in [0, 0.05) is 22.7 Å². The van der Waals surface area contributed by atoms with Crippen LogP contribution in [0.15, 0.2) is 49.1 Å². The number of aromatic nitrogens is 6. The smallest absolute Gasteiger partial charge is 0.162 e. The molecule has 0 bridgehead atoms. The van der Waals surface area contributed by atoms with Gasteiger partial charge in [-0.2, -0.15) is 10.2 Å². The lowest BCUT2D eigenvalue weighted by Crippen LogP contribution is -2.12. The van der Waals surface area contributed by atoms with Gasteiger partial charge in [0.1, 0.15) is 12.4 Å². The van der Waals surface area contributed by atoms with E-state index in [4.69, 9.17) is 4.74 Å². The number of pyridine rings is 1. The number of benzene rings is 1. The van der Waals surface area contributed by atoms with Gasteiger partial charge in [-0.15, -0.1) is 0 Å². The van der Waals surface area contributed by atoms with Crippen molar-refractivity contribution in [1.29, 1.82) is 0 Å². The number of hydrogen-bond acceptors (Lipinski definition) is 6. The van der Waals surface area contributed by atoms with Crippen molar-refractivity contribution >= 4 is 11.0 Å². The van der Waals surface area contributed by atoms with Crippen molar-refractivity contribution in [2.45, 2.75) is 26.1 Å². The lowest BCUT2D eigenvalue weighted by molar-refractivity contribution is 0.00486. The van der Waals surface area contributed by atoms with Crippen molar-refractivity contribution < 1.29 is 9.84 Å². The summed E-state index contributed by atoms with van der Waals surface area (Å²) in [6.45, 7) is 4.11. The number of aromatic amines is 1. The lowest BCUT2D eigenvalue weighted by atomic mass is 10.1. The molecule has 1 atom stereocenters. The molecular weight excluding hydrogens is 344 g/mol. The van der Waals surface area contributed by atoms with Crippen LogP contribution in [0.5, 0.6) is 0 Å². The second-order valence-electron chi connectivity index (χ2n) is 6.52. The molecule has 27 heavy (non-hydrogen) atoms. The Bertz CT molecular complexity index is 1040. The minimum Gasteiger partial charge on any atom is -0.386 e. The zero-order valence-corrected chi connectivity index (χ0v) is 15.1. The van der Waals surface area contributed by atoms with Crippen LogP contribution < -0.4 is 0 Å². The first-order valence-electron chi connectivity index (χ1n) is 8.71. The zero-order chi connectivity index (χ0) is 18.8. The number of ether oxygens (including phenoxy) is 1. The maximum atomic E-state index is 10.3. The fourth-order valence-electron chi connectivity index (χ4n) is 2.82. The monoisotopic (exact) mass is 364 g/mol. The van der Waals surface area contributed by atoms with Gasteiger partial charge in [0.2, 0.25) is 0 Å². The summed E-state index contributed by atoms with van der Waals surface area (Å²) in [5.74, 6) is 0.692. The van der Waals surface area contributed by atoms with Gasteiger partial charge in [0.25, 0.3) is 0 Å². The third-order valence-electron chi connectivity index (χ3n) is 4.18. The quantitative estimate of drug-likeness (QED) is 0.545. The van der Waals surface area contributed by atoms with Crippen molar-refractivity contribution in [3.8, 4) is 17.1 Å². The minimum absolute atomic E-state index is 0.0655. The fraction of sp³-hybridized carbons (Fsp3) is 0.263. The number of aliphatic hydroxyl groups excluding tert-OH is 1. The standard InChI is InChI=1S/C19H20N6O2/c1-12(2)27-10-17(26)14-6-15-9-23-25(19(15)20-8-14)16-5-3-4-13(7-16)18-21-11-22-24-18/h3-9,11-12,17,26H,10H2,1-2H3,(H,21,22,24)/t17-/m1/s1. The van der Waals surface area contributed by atoms with Gasteiger partial charge in [0.15, 0.2) is 11.5 Å². The Morgan fingerprint density at radius 2 is 2.07 bits per heavy atom. The highest BCUT2D eigenvalue weighted by Gasteiger charge is 2.13. The molecule has 138 valence electrons. The first-order valence-corrected chi connectivity index (χ1v) is 8.71. The summed E-state index contributed by atoms with van der Waals surface area (Å²) in [6.07, 6.45) is 4.22. The number of H-pyrrole nitrogens is 1. The molecule has 0 spiro atoms. The van der Waals surface area contributed by atoms with Gasteiger partial charge < -0.3 is 9.84 Å². The number of rotatable bonds is 6. The van der Waals surface area contributed by atoms with E-state index in [1.165, 1.54) is 6.33 Å². The summed E-state index contributed by atoms with van der Waals surface area (Å²) in [4.78, 5) is 8.69. The molecule has 4 aromatic rings. The molecule has 3 heterocycles. The maximum Gasteiger partial charge on any atom is 0.162 e. The zero-order valence-electron chi connectivity index (χ0n) is 15.1. The summed E-state index contributed by atoms with van der Waals surface area (Å²) in [6, 6.07) is 9.69. The SMILES string of the molecule is CC(C)OC[C@@H](O)c1cnc2c(cnn2-c2cccc(-c3ncn[nH]3)c2)c1. The topological polar surface area (TPSA) is 102 Å². The van der Waals surface area contributed by atoms with Gasteiger partial charge in [-0.1, -0.05) is 12.1 Å². The average molecular weight is 364 g/mol. The number of nitrogens with zero attached hydrogens (tertiary/aromatic N) is 5. The molecule has 0 fully saturated rings.